The quantitative estimate of drug-likeness (QED) is 0.727. The first kappa shape index (κ1) is 14.0. The van der Waals surface area contributed by atoms with Crippen molar-refractivity contribution in [1.29, 1.82) is 0 Å². The van der Waals surface area contributed by atoms with Crippen LogP contribution in [0.15, 0.2) is 6.07 Å². The summed E-state index contributed by atoms with van der Waals surface area (Å²) in [7, 11) is 0. The standard InChI is InChI=1S/C13H18N2O3S/c14-10(4-5-12(16)17)13(18)15-7-9-6-8-2-1-3-11(8)19-9/h6,10H,1-5,7,14H2,(H,15,18)(H,16,17). The molecule has 5 nitrogen and oxygen atoms in total. The lowest BCUT2D eigenvalue weighted by atomic mass is 10.1. The molecule has 1 aromatic heterocycles. The molecule has 0 bridgehead atoms. The zero-order chi connectivity index (χ0) is 13.8. The molecule has 0 fully saturated rings. The van der Waals surface area contributed by atoms with Gasteiger partial charge in [0.15, 0.2) is 0 Å². The summed E-state index contributed by atoms with van der Waals surface area (Å²) in [6.45, 7) is 0.483. The van der Waals surface area contributed by atoms with Crippen molar-refractivity contribution in [3.05, 3.63) is 21.4 Å². The molecule has 1 unspecified atom stereocenters. The van der Waals surface area contributed by atoms with Crippen LogP contribution in [0, 0.1) is 0 Å². The van der Waals surface area contributed by atoms with Gasteiger partial charge in [0.25, 0.3) is 0 Å². The number of hydrogen-bond acceptors (Lipinski definition) is 4. The highest BCUT2D eigenvalue weighted by molar-refractivity contribution is 7.12. The largest absolute Gasteiger partial charge is 0.481 e. The zero-order valence-corrected chi connectivity index (χ0v) is 11.5. The summed E-state index contributed by atoms with van der Waals surface area (Å²) in [5, 5.41) is 11.3. The Balaban J connectivity index is 1.77. The number of aryl methyl sites for hydroxylation is 2. The van der Waals surface area contributed by atoms with Gasteiger partial charge < -0.3 is 16.2 Å². The lowest BCUT2D eigenvalue weighted by Crippen LogP contribution is -2.40. The Morgan fingerprint density at radius 2 is 2.26 bits per heavy atom. The third kappa shape index (κ3) is 3.78. The molecule has 1 atom stereocenters. The minimum atomic E-state index is -0.932. The van der Waals surface area contributed by atoms with Gasteiger partial charge in [0, 0.05) is 16.2 Å². The number of thiophene rings is 1. The number of carboxylic acids is 1. The molecule has 0 radical (unpaired) electrons. The molecular weight excluding hydrogens is 264 g/mol. The van der Waals surface area contributed by atoms with Gasteiger partial charge in [-0.2, -0.15) is 0 Å². The number of carbonyl (C=O) groups excluding carboxylic acids is 1. The van der Waals surface area contributed by atoms with Crippen molar-refractivity contribution in [2.24, 2.45) is 5.73 Å². The number of rotatable bonds is 6. The van der Waals surface area contributed by atoms with E-state index in [1.807, 2.05) is 0 Å². The molecule has 4 N–H and O–H groups in total. The van der Waals surface area contributed by atoms with E-state index in [0.717, 1.165) is 17.7 Å². The lowest BCUT2D eigenvalue weighted by molar-refractivity contribution is -0.137. The molecule has 1 amide bonds. The van der Waals surface area contributed by atoms with Crippen LogP contribution in [0.25, 0.3) is 0 Å². The normalized spacial score (nSPS) is 15.0. The maximum Gasteiger partial charge on any atom is 0.303 e. The Labute approximate surface area is 115 Å². The summed E-state index contributed by atoms with van der Waals surface area (Å²) in [5.41, 5.74) is 7.04. The molecule has 0 aromatic carbocycles. The minimum Gasteiger partial charge on any atom is -0.481 e. The Bertz CT molecular complexity index is 463. The maximum absolute atomic E-state index is 11.7. The molecular formula is C13H18N2O3S. The van der Waals surface area contributed by atoms with Crippen LogP contribution in [0.2, 0.25) is 0 Å². The molecule has 1 aliphatic rings. The van der Waals surface area contributed by atoms with E-state index in [2.05, 4.69) is 11.4 Å². The third-order valence-electron chi connectivity index (χ3n) is 3.24. The number of carboxylic acid groups (broad SMARTS) is 1. The zero-order valence-electron chi connectivity index (χ0n) is 10.6. The summed E-state index contributed by atoms with van der Waals surface area (Å²) >= 11 is 1.74. The smallest absolute Gasteiger partial charge is 0.303 e. The van der Waals surface area contributed by atoms with E-state index in [4.69, 9.17) is 10.8 Å². The fourth-order valence-electron chi connectivity index (χ4n) is 2.19. The molecule has 1 aliphatic carbocycles. The Hall–Kier alpha value is -1.40. The van der Waals surface area contributed by atoms with E-state index in [-0.39, 0.29) is 18.7 Å². The molecule has 6 heteroatoms. The second-order valence-corrected chi connectivity index (χ2v) is 5.99. The second kappa shape index (κ2) is 6.16. The first-order valence-electron chi connectivity index (χ1n) is 6.42. The van der Waals surface area contributed by atoms with Gasteiger partial charge in [-0.15, -0.1) is 11.3 Å². The van der Waals surface area contributed by atoms with Crippen molar-refractivity contribution in [2.75, 3.05) is 0 Å². The van der Waals surface area contributed by atoms with E-state index in [9.17, 15) is 9.59 Å². The summed E-state index contributed by atoms with van der Waals surface area (Å²) in [6.07, 6.45) is 3.60. The van der Waals surface area contributed by atoms with Gasteiger partial charge in [0.05, 0.1) is 12.6 Å². The average molecular weight is 282 g/mol. The minimum absolute atomic E-state index is 0.0815. The van der Waals surface area contributed by atoms with Crippen LogP contribution in [0.1, 0.15) is 34.6 Å². The number of carbonyl (C=O) groups is 2. The van der Waals surface area contributed by atoms with E-state index < -0.39 is 12.0 Å². The van der Waals surface area contributed by atoms with Crippen LogP contribution in [0.4, 0.5) is 0 Å². The van der Waals surface area contributed by atoms with Gasteiger partial charge in [-0.05, 0) is 37.3 Å². The van der Waals surface area contributed by atoms with Crippen LogP contribution >= 0.6 is 11.3 Å². The van der Waals surface area contributed by atoms with Crippen LogP contribution in [-0.2, 0) is 29.0 Å². The summed E-state index contributed by atoms with van der Waals surface area (Å²) in [5.74, 6) is -1.22. The van der Waals surface area contributed by atoms with Crippen molar-refractivity contribution in [2.45, 2.75) is 44.7 Å². The van der Waals surface area contributed by atoms with Crippen molar-refractivity contribution >= 4 is 23.2 Å². The van der Waals surface area contributed by atoms with E-state index in [1.165, 1.54) is 16.9 Å². The molecule has 1 aromatic rings. The van der Waals surface area contributed by atoms with Crippen LogP contribution in [-0.4, -0.2) is 23.0 Å². The number of hydrogen-bond donors (Lipinski definition) is 3. The monoisotopic (exact) mass is 282 g/mol. The molecule has 0 spiro atoms. The van der Waals surface area contributed by atoms with Crippen LogP contribution < -0.4 is 11.1 Å². The van der Waals surface area contributed by atoms with E-state index in [0.29, 0.717) is 6.54 Å². The van der Waals surface area contributed by atoms with Crippen molar-refractivity contribution in [3.8, 4) is 0 Å². The number of nitrogens with two attached hydrogens (primary N) is 1. The van der Waals surface area contributed by atoms with Crippen molar-refractivity contribution < 1.29 is 14.7 Å². The van der Waals surface area contributed by atoms with Gasteiger partial charge in [-0.1, -0.05) is 0 Å². The van der Waals surface area contributed by atoms with Gasteiger partial charge >= 0.3 is 5.97 Å². The van der Waals surface area contributed by atoms with E-state index >= 15 is 0 Å². The molecule has 0 saturated carbocycles. The van der Waals surface area contributed by atoms with Crippen LogP contribution in [0.5, 0.6) is 0 Å². The highest BCUT2D eigenvalue weighted by Crippen LogP contribution is 2.30. The molecule has 2 rings (SSSR count). The van der Waals surface area contributed by atoms with E-state index in [1.54, 1.807) is 11.3 Å². The van der Waals surface area contributed by atoms with Crippen molar-refractivity contribution in [1.82, 2.24) is 5.32 Å². The molecule has 104 valence electrons. The number of nitrogens with one attached hydrogen (secondary N) is 1. The predicted molar refractivity (Wildman–Crippen MR) is 73.0 cm³/mol. The van der Waals surface area contributed by atoms with Gasteiger partial charge in [0.2, 0.25) is 5.91 Å². The average Bonchev–Trinajstić information content (AvgIpc) is 2.93. The summed E-state index contributed by atoms with van der Waals surface area (Å²) < 4.78 is 0. The van der Waals surface area contributed by atoms with Crippen molar-refractivity contribution in [3.63, 3.8) is 0 Å². The number of amides is 1. The molecule has 0 aliphatic heterocycles. The van der Waals surface area contributed by atoms with Gasteiger partial charge in [-0.25, -0.2) is 0 Å². The molecule has 19 heavy (non-hydrogen) atoms. The Morgan fingerprint density at radius 1 is 1.47 bits per heavy atom. The maximum atomic E-state index is 11.7. The van der Waals surface area contributed by atoms with Gasteiger partial charge in [-0.3, -0.25) is 9.59 Å². The summed E-state index contributed by atoms with van der Waals surface area (Å²) in [6, 6.07) is 1.40. The SMILES string of the molecule is NC(CCC(=O)O)C(=O)NCc1cc2c(s1)CCC2. The lowest BCUT2D eigenvalue weighted by Gasteiger charge is -2.10. The third-order valence-corrected chi connectivity index (χ3v) is 4.48. The highest BCUT2D eigenvalue weighted by Gasteiger charge is 2.17. The first-order valence-corrected chi connectivity index (χ1v) is 7.23. The topological polar surface area (TPSA) is 92.4 Å². The second-order valence-electron chi connectivity index (χ2n) is 4.77. The Kier molecular flexibility index (Phi) is 4.55. The summed E-state index contributed by atoms with van der Waals surface area (Å²) in [4.78, 5) is 24.7. The Morgan fingerprint density at radius 3 is 2.95 bits per heavy atom. The first-order chi connectivity index (χ1) is 9.06. The predicted octanol–water partition coefficient (Wildman–Crippen LogP) is 1.05. The molecule has 0 saturated heterocycles. The highest BCUT2D eigenvalue weighted by atomic mass is 32.1. The number of fused-ring (bicyclic) bond motifs is 1. The van der Waals surface area contributed by atoms with Crippen LogP contribution in [0.3, 0.4) is 0 Å². The van der Waals surface area contributed by atoms with Gasteiger partial charge in [0.1, 0.15) is 0 Å². The number of aliphatic carboxylic acids is 1. The molecule has 1 heterocycles. The fraction of sp³-hybridized carbons (Fsp3) is 0.538. The fourth-order valence-corrected chi connectivity index (χ4v) is 3.39.